The van der Waals surface area contributed by atoms with Crippen LogP contribution in [0.25, 0.3) is 17.5 Å². The number of hydrogen-bond donors (Lipinski definition) is 4. The van der Waals surface area contributed by atoms with Crippen LogP contribution in [-0.2, 0) is 0 Å². The average Bonchev–Trinajstić information content (AvgIpc) is 3.22. The van der Waals surface area contributed by atoms with E-state index in [0.29, 0.717) is 23.1 Å². The normalized spacial score (nSPS) is 16.8. The lowest BCUT2D eigenvalue weighted by molar-refractivity contribution is 0.226. The number of H-pyrrole nitrogens is 1. The van der Waals surface area contributed by atoms with Gasteiger partial charge in [0.2, 0.25) is 0 Å². The van der Waals surface area contributed by atoms with Crippen molar-refractivity contribution in [3.8, 4) is 11.4 Å². The first-order valence-electron chi connectivity index (χ1n) is 9.57. The Morgan fingerprint density at radius 2 is 2.20 bits per heavy atom. The fourth-order valence-electron chi connectivity index (χ4n) is 3.26. The third kappa shape index (κ3) is 6.85. The molecule has 8 nitrogen and oxygen atoms in total. The van der Waals surface area contributed by atoms with Gasteiger partial charge in [0.15, 0.2) is 0 Å². The number of rotatable bonds is 7. The van der Waals surface area contributed by atoms with Gasteiger partial charge in [-0.2, -0.15) is 0 Å². The van der Waals surface area contributed by atoms with Crippen LogP contribution in [0, 0.1) is 11.3 Å². The van der Waals surface area contributed by atoms with Crippen LogP contribution in [0.2, 0.25) is 0 Å². The van der Waals surface area contributed by atoms with E-state index in [1.165, 1.54) is 25.9 Å². The van der Waals surface area contributed by atoms with Crippen molar-refractivity contribution in [2.24, 2.45) is 11.7 Å². The Morgan fingerprint density at radius 1 is 1.43 bits per heavy atom. The Kier molecular flexibility index (Phi) is 9.34. The van der Waals surface area contributed by atoms with Crippen LogP contribution in [0.3, 0.4) is 0 Å². The van der Waals surface area contributed by atoms with Gasteiger partial charge in [0.25, 0.3) is 6.43 Å². The van der Waals surface area contributed by atoms with Crippen molar-refractivity contribution in [1.29, 1.82) is 5.41 Å². The summed E-state index contributed by atoms with van der Waals surface area (Å²) in [4.78, 5) is 18.1. The second-order valence-corrected chi connectivity index (χ2v) is 7.51. The summed E-state index contributed by atoms with van der Waals surface area (Å²) in [6.45, 7) is 2.77. The highest BCUT2D eigenvalue weighted by atomic mass is 32.1. The Hall–Kier alpha value is -2.37. The minimum absolute atomic E-state index is 0.385. The quantitative estimate of drug-likeness (QED) is 0.391. The fraction of sp³-hybridized carbons (Fsp3) is 0.474. The van der Waals surface area contributed by atoms with E-state index in [1.54, 1.807) is 6.20 Å². The molecule has 3 rings (SSSR count). The van der Waals surface area contributed by atoms with E-state index in [0.717, 1.165) is 37.9 Å². The summed E-state index contributed by atoms with van der Waals surface area (Å²) >= 11 is 4.35. The molecule has 1 aliphatic rings. The number of imidazole rings is 1. The summed E-state index contributed by atoms with van der Waals surface area (Å²) in [5.41, 5.74) is 5.08. The van der Waals surface area contributed by atoms with E-state index in [9.17, 15) is 8.78 Å². The first kappa shape index (κ1) is 23.9. The highest BCUT2D eigenvalue weighted by molar-refractivity contribution is 7.77. The maximum absolute atomic E-state index is 12.4. The standard InChI is InChI=1S/C18H23F2N7S.CH5N/c1-26(28)9-12-3-2-6-27(10-12)17-7-14(23-11-24-17)15-8-22-16(25-15)5-4-13(21)18(19)20;1-2/h4-5,7-8,11-12,18,21,28H,2-3,6,9-10H2,1H3,(H,22,25);2H2,1H3/b5-4-,21-13?;. The Balaban J connectivity index is 0.00000155. The maximum atomic E-state index is 12.4. The zero-order chi connectivity index (χ0) is 22.1. The molecular formula is C19H28F2N8S. The highest BCUT2D eigenvalue weighted by Gasteiger charge is 2.22. The molecule has 30 heavy (non-hydrogen) atoms. The molecule has 0 aromatic carbocycles. The summed E-state index contributed by atoms with van der Waals surface area (Å²) in [6, 6.07) is 1.90. The van der Waals surface area contributed by atoms with Gasteiger partial charge in [0, 0.05) is 25.7 Å². The minimum Gasteiger partial charge on any atom is -0.356 e. The molecule has 0 radical (unpaired) electrons. The molecule has 1 atom stereocenters. The topological polar surface area (TPSA) is 111 Å². The summed E-state index contributed by atoms with van der Waals surface area (Å²) < 4.78 is 26.7. The van der Waals surface area contributed by atoms with E-state index in [1.807, 2.05) is 17.4 Å². The molecule has 1 unspecified atom stereocenters. The van der Waals surface area contributed by atoms with Crippen LogP contribution in [-0.4, -0.2) is 70.1 Å². The Labute approximate surface area is 180 Å². The van der Waals surface area contributed by atoms with Crippen molar-refractivity contribution >= 4 is 30.4 Å². The average molecular weight is 439 g/mol. The summed E-state index contributed by atoms with van der Waals surface area (Å²) in [7, 11) is 3.46. The molecule has 4 N–H and O–H groups in total. The number of nitrogens with one attached hydrogen (secondary N) is 2. The second-order valence-electron chi connectivity index (χ2n) is 6.83. The third-order valence-corrected chi connectivity index (χ3v) is 4.71. The van der Waals surface area contributed by atoms with Crippen molar-refractivity contribution < 1.29 is 8.78 Å². The monoisotopic (exact) mass is 438 g/mol. The first-order chi connectivity index (χ1) is 14.4. The number of piperidine rings is 1. The highest BCUT2D eigenvalue weighted by Crippen LogP contribution is 2.25. The van der Waals surface area contributed by atoms with Crippen molar-refractivity contribution in [2.45, 2.75) is 19.3 Å². The smallest absolute Gasteiger partial charge is 0.279 e. The van der Waals surface area contributed by atoms with Crippen LogP contribution < -0.4 is 10.6 Å². The summed E-state index contributed by atoms with van der Waals surface area (Å²) in [5, 5.41) is 7.15. The van der Waals surface area contributed by atoms with Crippen molar-refractivity contribution in [1.82, 2.24) is 24.2 Å². The largest absolute Gasteiger partial charge is 0.356 e. The van der Waals surface area contributed by atoms with Gasteiger partial charge in [0.1, 0.15) is 18.0 Å². The molecule has 1 fully saturated rings. The number of alkyl halides is 2. The van der Waals surface area contributed by atoms with Crippen molar-refractivity contribution in [2.75, 3.05) is 38.6 Å². The maximum Gasteiger partial charge on any atom is 0.279 e. The van der Waals surface area contributed by atoms with Gasteiger partial charge in [-0.25, -0.2) is 23.7 Å². The van der Waals surface area contributed by atoms with E-state index in [2.05, 4.69) is 43.4 Å². The first-order valence-corrected chi connectivity index (χ1v) is 9.97. The minimum atomic E-state index is -2.80. The molecule has 2 aromatic heterocycles. The lowest BCUT2D eigenvalue weighted by atomic mass is 9.98. The molecule has 0 bridgehead atoms. The number of aromatic amines is 1. The van der Waals surface area contributed by atoms with E-state index < -0.39 is 12.1 Å². The van der Waals surface area contributed by atoms with E-state index in [-0.39, 0.29) is 0 Å². The third-order valence-electron chi connectivity index (χ3n) is 4.55. The molecule has 0 spiro atoms. The molecular weight excluding hydrogens is 410 g/mol. The van der Waals surface area contributed by atoms with Gasteiger partial charge in [-0.05, 0) is 45.0 Å². The number of nitrogens with zero attached hydrogens (tertiary/aromatic N) is 5. The number of thiol groups is 1. The zero-order valence-electron chi connectivity index (χ0n) is 17.1. The number of anilines is 1. The molecule has 164 valence electrons. The van der Waals surface area contributed by atoms with Gasteiger partial charge in [-0.1, -0.05) is 12.8 Å². The SMILES string of the molecule is CN.CN(S)CC1CCCN(c2cc(-c3cnc(/C=C\C(=N)C(F)F)[nH]3)ncn2)C1. The molecule has 0 saturated carbocycles. The second kappa shape index (κ2) is 11.7. The molecule has 0 amide bonds. The lowest BCUT2D eigenvalue weighted by Crippen LogP contribution is -2.39. The zero-order valence-corrected chi connectivity index (χ0v) is 18.0. The Morgan fingerprint density at radius 3 is 2.90 bits per heavy atom. The van der Waals surface area contributed by atoms with Crippen LogP contribution in [0.5, 0.6) is 0 Å². The van der Waals surface area contributed by atoms with E-state index >= 15 is 0 Å². The predicted octanol–water partition coefficient (Wildman–Crippen LogP) is 2.73. The van der Waals surface area contributed by atoms with Crippen LogP contribution in [0.4, 0.5) is 14.6 Å². The Bertz CT molecular complexity index is 839. The number of nitrogens with two attached hydrogens (primary N) is 1. The molecule has 1 saturated heterocycles. The van der Waals surface area contributed by atoms with Crippen molar-refractivity contribution in [3.63, 3.8) is 0 Å². The van der Waals surface area contributed by atoms with Gasteiger partial charge < -0.3 is 15.6 Å². The molecule has 1 aliphatic heterocycles. The van der Waals surface area contributed by atoms with Gasteiger partial charge in [0.05, 0.1) is 23.3 Å². The summed E-state index contributed by atoms with van der Waals surface area (Å²) in [5.74, 6) is 1.77. The van der Waals surface area contributed by atoms with E-state index in [4.69, 9.17) is 5.41 Å². The molecule has 11 heteroatoms. The number of allylic oxidation sites excluding steroid dienone is 1. The molecule has 3 heterocycles. The molecule has 2 aromatic rings. The lowest BCUT2D eigenvalue weighted by Gasteiger charge is -2.34. The van der Waals surface area contributed by atoms with Gasteiger partial charge in [-0.15, -0.1) is 0 Å². The number of hydrogen-bond acceptors (Lipinski definition) is 8. The fourth-order valence-corrected chi connectivity index (χ4v) is 3.49. The summed E-state index contributed by atoms with van der Waals surface area (Å²) in [6.07, 6.45) is 4.96. The van der Waals surface area contributed by atoms with Crippen molar-refractivity contribution in [3.05, 3.63) is 30.5 Å². The van der Waals surface area contributed by atoms with Crippen LogP contribution >= 0.6 is 12.8 Å². The van der Waals surface area contributed by atoms with Gasteiger partial charge in [-0.3, -0.25) is 9.71 Å². The number of halogens is 2. The number of aromatic nitrogens is 4. The van der Waals surface area contributed by atoms with Gasteiger partial charge >= 0.3 is 0 Å². The predicted molar refractivity (Wildman–Crippen MR) is 119 cm³/mol. The van der Waals surface area contributed by atoms with Crippen LogP contribution in [0.1, 0.15) is 18.7 Å². The van der Waals surface area contributed by atoms with Crippen LogP contribution in [0.15, 0.2) is 24.7 Å². The molecule has 0 aliphatic carbocycles.